The van der Waals surface area contributed by atoms with Gasteiger partial charge in [-0.05, 0) is 54.3 Å². The van der Waals surface area contributed by atoms with Crippen molar-refractivity contribution in [2.24, 2.45) is 0 Å². The van der Waals surface area contributed by atoms with E-state index in [1.165, 1.54) is 25.3 Å². The number of aliphatic hydroxyl groups excluding tert-OH is 2. The highest BCUT2D eigenvalue weighted by atomic mass is 35.5. The number of phenolic OH excluding ortho intramolecular Hbond substituents is 1. The average molecular weight is 521 g/mol. The molecule has 4 atom stereocenters. The van der Waals surface area contributed by atoms with Gasteiger partial charge in [-0.3, -0.25) is 0 Å². The summed E-state index contributed by atoms with van der Waals surface area (Å²) in [6.45, 7) is 0.0440. The maximum absolute atomic E-state index is 12.3. The molecule has 36 heavy (non-hydrogen) atoms. The molecule has 1 saturated carbocycles. The molecule has 0 heterocycles. The summed E-state index contributed by atoms with van der Waals surface area (Å²) in [5.41, 5.74) is -0.343. The second kappa shape index (κ2) is 12.2. The fourth-order valence-corrected chi connectivity index (χ4v) is 4.26. The second-order valence-electron chi connectivity index (χ2n) is 8.57. The Morgan fingerprint density at radius 3 is 2.53 bits per heavy atom. The molecule has 0 radical (unpaired) electrons. The van der Waals surface area contributed by atoms with Crippen molar-refractivity contribution in [2.75, 3.05) is 13.7 Å². The minimum atomic E-state index is -1.84. The summed E-state index contributed by atoms with van der Waals surface area (Å²) < 4.78 is 16.4. The molecule has 0 bridgehead atoms. The summed E-state index contributed by atoms with van der Waals surface area (Å²) in [6, 6.07) is 11.3. The number of hydrogen-bond acceptors (Lipinski definition) is 8. The standard InChI is InChI=1S/C26H29ClO9/c1-34-21-13-18(27)8-7-17(21)3-2-12-35-26(25(32)33)14-20(29)24(31)22(15-26)36-23(30)11-6-16-4-9-19(28)10-5-16/h4-11,13,20,22,24,28-29,31H,2-3,12,14-15H2,1H3,(H,32,33)/t20-,22+,24+,26-/m0/s1. The van der Waals surface area contributed by atoms with Gasteiger partial charge in [-0.25, -0.2) is 9.59 Å². The van der Waals surface area contributed by atoms with Crippen LogP contribution in [0.4, 0.5) is 0 Å². The van der Waals surface area contributed by atoms with Gasteiger partial charge in [0.1, 0.15) is 23.7 Å². The lowest BCUT2D eigenvalue weighted by Crippen LogP contribution is -2.58. The molecule has 10 heteroatoms. The van der Waals surface area contributed by atoms with Gasteiger partial charge in [0, 0.05) is 30.5 Å². The zero-order chi connectivity index (χ0) is 26.3. The lowest BCUT2D eigenvalue weighted by Gasteiger charge is -2.41. The highest BCUT2D eigenvalue weighted by molar-refractivity contribution is 6.30. The Bertz CT molecular complexity index is 1090. The van der Waals surface area contributed by atoms with Gasteiger partial charge >= 0.3 is 11.9 Å². The van der Waals surface area contributed by atoms with Gasteiger partial charge in [0.2, 0.25) is 0 Å². The number of aromatic hydroxyl groups is 1. The van der Waals surface area contributed by atoms with Crippen LogP contribution < -0.4 is 4.74 Å². The van der Waals surface area contributed by atoms with E-state index < -0.39 is 35.9 Å². The molecule has 1 aliphatic rings. The smallest absolute Gasteiger partial charge is 0.336 e. The summed E-state index contributed by atoms with van der Waals surface area (Å²) in [5, 5.41) is 40.5. The molecule has 4 N–H and O–H groups in total. The minimum absolute atomic E-state index is 0.0440. The Hall–Kier alpha value is -3.11. The fourth-order valence-electron chi connectivity index (χ4n) is 4.09. The average Bonchev–Trinajstić information content (AvgIpc) is 2.85. The Balaban J connectivity index is 1.63. The van der Waals surface area contributed by atoms with Crippen LogP contribution in [0.2, 0.25) is 5.02 Å². The third kappa shape index (κ3) is 6.98. The summed E-state index contributed by atoms with van der Waals surface area (Å²) in [6.07, 6.45) is -1.38. The van der Waals surface area contributed by atoms with E-state index in [1.807, 2.05) is 6.07 Å². The van der Waals surface area contributed by atoms with Crippen LogP contribution in [0.3, 0.4) is 0 Å². The topological polar surface area (TPSA) is 143 Å². The van der Waals surface area contributed by atoms with Crippen molar-refractivity contribution in [3.8, 4) is 11.5 Å². The summed E-state index contributed by atoms with van der Waals surface area (Å²) in [4.78, 5) is 24.5. The molecular formula is C26H29ClO9. The third-order valence-electron chi connectivity index (χ3n) is 6.03. The van der Waals surface area contributed by atoms with E-state index >= 15 is 0 Å². The van der Waals surface area contributed by atoms with Crippen LogP contribution in [0, 0.1) is 0 Å². The van der Waals surface area contributed by atoms with E-state index in [4.69, 9.17) is 25.8 Å². The van der Waals surface area contributed by atoms with E-state index in [0.717, 1.165) is 11.6 Å². The number of carboxylic acids is 1. The molecular weight excluding hydrogens is 492 g/mol. The molecule has 2 aromatic carbocycles. The van der Waals surface area contributed by atoms with Gasteiger partial charge in [0.05, 0.1) is 13.2 Å². The van der Waals surface area contributed by atoms with Crippen LogP contribution in [-0.2, 0) is 25.5 Å². The predicted molar refractivity (Wildman–Crippen MR) is 131 cm³/mol. The number of esters is 1. The van der Waals surface area contributed by atoms with Crippen molar-refractivity contribution < 1.29 is 44.2 Å². The van der Waals surface area contributed by atoms with E-state index in [-0.39, 0.29) is 25.2 Å². The number of hydrogen-bond donors (Lipinski definition) is 4. The number of carbonyl (C=O) groups excluding carboxylic acids is 1. The fraction of sp³-hybridized carbons (Fsp3) is 0.385. The van der Waals surface area contributed by atoms with Gasteiger partial charge in [-0.1, -0.05) is 29.8 Å². The Kier molecular flexibility index (Phi) is 9.33. The number of benzene rings is 2. The molecule has 194 valence electrons. The minimum Gasteiger partial charge on any atom is -0.508 e. The molecule has 0 aromatic heterocycles. The first-order valence-corrected chi connectivity index (χ1v) is 11.7. The van der Waals surface area contributed by atoms with Crippen LogP contribution in [0.25, 0.3) is 6.08 Å². The van der Waals surface area contributed by atoms with Gasteiger partial charge in [-0.2, -0.15) is 0 Å². The van der Waals surface area contributed by atoms with E-state index in [9.17, 15) is 30.0 Å². The van der Waals surface area contributed by atoms with Crippen molar-refractivity contribution in [1.29, 1.82) is 0 Å². The predicted octanol–water partition coefficient (Wildman–Crippen LogP) is 2.97. The van der Waals surface area contributed by atoms with E-state index in [0.29, 0.717) is 29.2 Å². The van der Waals surface area contributed by atoms with Crippen LogP contribution in [0.1, 0.15) is 30.4 Å². The number of phenols is 1. The first-order chi connectivity index (χ1) is 17.1. The van der Waals surface area contributed by atoms with E-state index in [1.54, 1.807) is 24.3 Å². The molecule has 0 spiro atoms. The molecule has 1 fully saturated rings. The lowest BCUT2D eigenvalue weighted by atomic mass is 9.79. The van der Waals surface area contributed by atoms with Crippen molar-refractivity contribution in [1.82, 2.24) is 0 Å². The Morgan fingerprint density at radius 1 is 1.14 bits per heavy atom. The molecule has 1 aliphatic carbocycles. The summed E-state index contributed by atoms with van der Waals surface area (Å²) >= 11 is 5.98. The number of rotatable bonds is 10. The van der Waals surface area contributed by atoms with Crippen molar-refractivity contribution in [2.45, 2.75) is 49.6 Å². The normalized spacial score (nSPS) is 23.9. The zero-order valence-electron chi connectivity index (χ0n) is 19.7. The Labute approximate surface area is 213 Å². The number of aryl methyl sites for hydroxylation is 1. The van der Waals surface area contributed by atoms with Crippen LogP contribution >= 0.6 is 11.6 Å². The molecule has 3 rings (SSSR count). The quantitative estimate of drug-likeness (QED) is 0.211. The monoisotopic (exact) mass is 520 g/mol. The highest BCUT2D eigenvalue weighted by Gasteiger charge is 2.52. The van der Waals surface area contributed by atoms with Gasteiger partial charge in [0.25, 0.3) is 0 Å². The molecule has 9 nitrogen and oxygen atoms in total. The number of ether oxygens (including phenoxy) is 3. The summed E-state index contributed by atoms with van der Waals surface area (Å²) in [5.74, 6) is -1.46. The highest BCUT2D eigenvalue weighted by Crippen LogP contribution is 2.35. The van der Waals surface area contributed by atoms with Crippen molar-refractivity contribution >= 4 is 29.6 Å². The molecule has 0 saturated heterocycles. The maximum atomic E-state index is 12.3. The number of carboxylic acid groups (broad SMARTS) is 1. The lowest BCUT2D eigenvalue weighted by molar-refractivity contribution is -0.207. The molecule has 0 aliphatic heterocycles. The van der Waals surface area contributed by atoms with Crippen LogP contribution in [0.15, 0.2) is 48.5 Å². The largest absolute Gasteiger partial charge is 0.508 e. The van der Waals surface area contributed by atoms with Crippen LogP contribution in [0.5, 0.6) is 11.5 Å². The van der Waals surface area contributed by atoms with Gasteiger partial charge in [0.15, 0.2) is 5.60 Å². The maximum Gasteiger partial charge on any atom is 0.336 e. The number of aliphatic hydroxyl groups is 2. The van der Waals surface area contributed by atoms with E-state index in [2.05, 4.69) is 0 Å². The molecule has 2 aromatic rings. The van der Waals surface area contributed by atoms with Gasteiger partial charge < -0.3 is 34.6 Å². The van der Waals surface area contributed by atoms with Crippen LogP contribution in [-0.4, -0.2) is 70.0 Å². The number of carbonyl (C=O) groups is 2. The Morgan fingerprint density at radius 2 is 1.86 bits per heavy atom. The number of aliphatic carboxylic acids is 1. The molecule has 0 unspecified atom stereocenters. The SMILES string of the molecule is COc1cc(Cl)ccc1CCCO[C@@]1(C(=O)O)C[C@H](O)[C@@H](O)[C@H](OC(=O)C=Cc2ccc(O)cc2)C1. The second-order valence-corrected chi connectivity index (χ2v) is 9.01. The molecule has 0 amide bonds. The van der Waals surface area contributed by atoms with Crippen molar-refractivity contribution in [3.05, 3.63) is 64.7 Å². The first-order valence-electron chi connectivity index (χ1n) is 11.4. The van der Waals surface area contributed by atoms with Gasteiger partial charge in [-0.15, -0.1) is 0 Å². The first kappa shape index (κ1) is 27.5. The summed E-state index contributed by atoms with van der Waals surface area (Å²) in [7, 11) is 1.53. The number of halogens is 1. The third-order valence-corrected chi connectivity index (χ3v) is 6.26. The zero-order valence-corrected chi connectivity index (χ0v) is 20.4. The van der Waals surface area contributed by atoms with Crippen molar-refractivity contribution in [3.63, 3.8) is 0 Å². The number of methoxy groups -OCH3 is 1.